The Labute approximate surface area is 322 Å². The molecule has 5 rings (SSSR count). The summed E-state index contributed by atoms with van der Waals surface area (Å²) in [5.74, 6) is 0.485. The van der Waals surface area contributed by atoms with Crippen LogP contribution in [-0.4, -0.2) is 87.6 Å². The molecule has 1 aliphatic heterocycles. The van der Waals surface area contributed by atoms with Crippen molar-refractivity contribution in [1.82, 2.24) is 14.8 Å². The van der Waals surface area contributed by atoms with E-state index in [2.05, 4.69) is 41.9 Å². The lowest BCUT2D eigenvalue weighted by molar-refractivity contribution is -0.152. The Morgan fingerprint density at radius 2 is 1.74 bits per heavy atom. The topological polar surface area (TPSA) is 149 Å². The van der Waals surface area contributed by atoms with E-state index in [0.717, 1.165) is 66.0 Å². The van der Waals surface area contributed by atoms with E-state index in [4.69, 9.17) is 25.8 Å². The molecular formula is C42H49ClN4O7. The average Bonchev–Trinajstić information content (AvgIpc) is 3.59. The first kappa shape index (κ1) is 40.5. The summed E-state index contributed by atoms with van der Waals surface area (Å²) >= 11 is 6.95. The number of hydrogen-bond donors (Lipinski definition) is 3. The summed E-state index contributed by atoms with van der Waals surface area (Å²) in [7, 11) is 1.62. The third-order valence-electron chi connectivity index (χ3n) is 10.4. The van der Waals surface area contributed by atoms with Crippen molar-refractivity contribution in [2.75, 3.05) is 39.9 Å². The van der Waals surface area contributed by atoms with Crippen molar-refractivity contribution in [2.45, 2.75) is 71.9 Å². The maximum atomic E-state index is 12.1. The van der Waals surface area contributed by atoms with Crippen LogP contribution in [0.4, 0.5) is 0 Å². The summed E-state index contributed by atoms with van der Waals surface area (Å²) in [6, 6.07) is 17.7. The molecule has 54 heavy (non-hydrogen) atoms. The third kappa shape index (κ3) is 9.32. The number of carboxylic acids is 1. The number of hydrogen-bond acceptors (Lipinski definition) is 10. The van der Waals surface area contributed by atoms with Gasteiger partial charge >= 0.3 is 5.97 Å². The zero-order valence-electron chi connectivity index (χ0n) is 31.6. The van der Waals surface area contributed by atoms with Gasteiger partial charge in [-0.3, -0.25) is 14.7 Å². The third-order valence-corrected chi connectivity index (χ3v) is 10.9. The van der Waals surface area contributed by atoms with Gasteiger partial charge in [0.2, 0.25) is 0 Å². The zero-order valence-corrected chi connectivity index (χ0v) is 32.3. The second kappa shape index (κ2) is 18.1. The van der Waals surface area contributed by atoms with Crippen LogP contribution in [0.1, 0.15) is 58.7 Å². The highest BCUT2D eigenvalue weighted by Crippen LogP contribution is 2.40. The van der Waals surface area contributed by atoms with Gasteiger partial charge in [-0.05, 0) is 93.1 Å². The number of nitrogens with zero attached hydrogens (tertiary/aromatic N) is 4. The molecule has 12 heteroatoms. The number of carbonyl (C=O) groups is 1. The van der Waals surface area contributed by atoms with Gasteiger partial charge in [0.15, 0.2) is 0 Å². The number of likely N-dealkylation sites (N-methyl/N-ethyl adjacent to an activating group) is 1. The number of aromatic nitrogens is 1. The Kier molecular flexibility index (Phi) is 13.6. The molecule has 1 saturated heterocycles. The molecule has 1 aliphatic rings. The quantitative estimate of drug-likeness (QED) is 0.102. The number of pyridine rings is 1. The second-order valence-corrected chi connectivity index (χ2v) is 14.5. The summed E-state index contributed by atoms with van der Waals surface area (Å²) < 4.78 is 18.9. The molecular weight excluding hydrogens is 708 g/mol. The van der Waals surface area contributed by atoms with Crippen molar-refractivity contribution in [1.29, 1.82) is 5.26 Å². The van der Waals surface area contributed by atoms with E-state index in [1.807, 2.05) is 31.2 Å². The van der Waals surface area contributed by atoms with Crippen molar-refractivity contribution in [3.8, 4) is 34.4 Å². The minimum Gasteiger partial charge on any atom is -0.493 e. The van der Waals surface area contributed by atoms with Gasteiger partial charge in [-0.1, -0.05) is 41.9 Å². The molecule has 3 aromatic carbocycles. The van der Waals surface area contributed by atoms with Crippen LogP contribution < -0.4 is 14.2 Å². The van der Waals surface area contributed by atoms with E-state index in [9.17, 15) is 25.4 Å². The summed E-state index contributed by atoms with van der Waals surface area (Å²) in [5, 5.41) is 39.4. The summed E-state index contributed by atoms with van der Waals surface area (Å²) in [5.41, 5.74) is 5.98. The van der Waals surface area contributed by atoms with Crippen LogP contribution in [-0.2, 0) is 24.6 Å². The maximum absolute atomic E-state index is 12.1. The van der Waals surface area contributed by atoms with Gasteiger partial charge in [0.25, 0.3) is 0 Å². The Morgan fingerprint density at radius 1 is 1.02 bits per heavy atom. The largest absolute Gasteiger partial charge is 0.493 e. The zero-order chi connectivity index (χ0) is 39.0. The van der Waals surface area contributed by atoms with Crippen molar-refractivity contribution >= 4 is 17.6 Å². The second-order valence-electron chi connectivity index (χ2n) is 14.1. The number of aliphatic hydroxyl groups excluding tert-OH is 2. The van der Waals surface area contributed by atoms with Gasteiger partial charge < -0.3 is 34.4 Å². The molecule has 1 fully saturated rings. The predicted molar refractivity (Wildman–Crippen MR) is 207 cm³/mol. The summed E-state index contributed by atoms with van der Waals surface area (Å²) in [6.45, 7) is 10.4. The summed E-state index contributed by atoms with van der Waals surface area (Å²) in [6.07, 6.45) is 4.57. The van der Waals surface area contributed by atoms with E-state index < -0.39 is 18.1 Å². The molecule has 11 nitrogen and oxygen atoms in total. The number of nitriles is 1. The van der Waals surface area contributed by atoms with Gasteiger partial charge in [0, 0.05) is 55.8 Å². The highest BCUT2D eigenvalue weighted by atomic mass is 35.5. The molecule has 1 unspecified atom stereocenters. The van der Waals surface area contributed by atoms with Crippen molar-refractivity contribution < 1.29 is 34.3 Å². The Morgan fingerprint density at radius 3 is 2.43 bits per heavy atom. The fourth-order valence-corrected chi connectivity index (χ4v) is 6.81. The molecule has 286 valence electrons. The number of β-amino-alcohol motifs (C(OH)–C–C–N with tert-alkyl or cyclic N) is 1. The normalized spacial score (nSPS) is 15.5. The fourth-order valence-electron chi connectivity index (χ4n) is 6.59. The van der Waals surface area contributed by atoms with Gasteiger partial charge in [-0.2, -0.15) is 5.26 Å². The summed E-state index contributed by atoms with van der Waals surface area (Å²) in [4.78, 5) is 20.1. The Bertz CT molecular complexity index is 2000. The number of halogens is 1. The average molecular weight is 757 g/mol. The molecule has 0 bridgehead atoms. The van der Waals surface area contributed by atoms with Crippen LogP contribution in [0.15, 0.2) is 60.9 Å². The van der Waals surface area contributed by atoms with Gasteiger partial charge in [-0.15, -0.1) is 0 Å². The molecule has 3 N–H and O–H groups in total. The molecule has 2 atom stereocenters. The maximum Gasteiger partial charge on any atom is 0.326 e. The monoisotopic (exact) mass is 756 g/mol. The number of ether oxygens (including phenoxy) is 3. The smallest absolute Gasteiger partial charge is 0.326 e. The van der Waals surface area contributed by atoms with E-state index >= 15 is 0 Å². The van der Waals surface area contributed by atoms with Crippen LogP contribution in [0.25, 0.3) is 11.1 Å². The molecule has 0 radical (unpaired) electrons. The number of aliphatic carboxylic acids is 1. The van der Waals surface area contributed by atoms with Crippen LogP contribution in [0, 0.1) is 32.1 Å². The van der Waals surface area contributed by atoms with E-state index in [0.29, 0.717) is 45.4 Å². The van der Waals surface area contributed by atoms with E-state index in [-0.39, 0.29) is 25.9 Å². The Hall–Kier alpha value is -4.70. The van der Waals surface area contributed by atoms with Gasteiger partial charge in [0.1, 0.15) is 42.1 Å². The highest BCUT2D eigenvalue weighted by molar-refractivity contribution is 6.33. The van der Waals surface area contributed by atoms with E-state index in [1.165, 1.54) is 18.0 Å². The number of aliphatic hydroxyl groups is 2. The lowest BCUT2D eigenvalue weighted by Crippen LogP contribution is -2.53. The van der Waals surface area contributed by atoms with Crippen molar-refractivity contribution in [3.63, 3.8) is 0 Å². The highest BCUT2D eigenvalue weighted by Gasteiger charge is 2.38. The lowest BCUT2D eigenvalue weighted by atomic mass is 9.93. The first-order valence-corrected chi connectivity index (χ1v) is 18.4. The molecule has 0 saturated carbocycles. The number of benzene rings is 3. The molecule has 4 aromatic rings. The number of rotatable bonds is 17. The number of likely N-dealkylation sites (tertiary alicyclic amines) is 1. The minimum atomic E-state index is -1.55. The predicted octanol–water partition coefficient (Wildman–Crippen LogP) is 6.46. The van der Waals surface area contributed by atoms with Gasteiger partial charge in [0.05, 0.1) is 29.9 Å². The van der Waals surface area contributed by atoms with Crippen LogP contribution >= 0.6 is 11.6 Å². The van der Waals surface area contributed by atoms with Crippen molar-refractivity contribution in [3.05, 3.63) is 105 Å². The standard InChI is InChI=1S/C42H49ClN4O7/c1-27-32(9-6-10-34(27)35-11-7-12-37(28(35)2)52-16-8-14-47-15-13-33(49)22-47)25-54-39-18-38(53-24-31-17-30(19-44)20-45-21-31)36(29(3)40(39)43)23-46(5)42(4,26-48)41(50)51/h6-7,9-12,17-18,20-21,33,48-49H,8,13-16,22-26H2,1-5H3,(H,50,51)/t33-,42?/m1/s1. The van der Waals surface area contributed by atoms with Gasteiger partial charge in [-0.25, -0.2) is 0 Å². The number of carboxylic acid groups (broad SMARTS) is 1. The first-order chi connectivity index (χ1) is 25.9. The molecule has 0 aliphatic carbocycles. The van der Waals surface area contributed by atoms with Crippen LogP contribution in [0.2, 0.25) is 5.02 Å². The minimum absolute atomic E-state index is 0.0851. The fraction of sp³-hybridized carbons (Fsp3) is 0.405. The Balaban J connectivity index is 1.37. The van der Waals surface area contributed by atoms with Crippen molar-refractivity contribution in [2.24, 2.45) is 0 Å². The molecule has 0 spiro atoms. The van der Waals surface area contributed by atoms with Crippen LogP contribution in [0.3, 0.4) is 0 Å². The first-order valence-electron chi connectivity index (χ1n) is 18.0. The SMILES string of the molecule is Cc1c(COc2cc(OCc3cncc(C#N)c3)c(CN(C)C(C)(CO)C(=O)O)c(C)c2Cl)cccc1-c1cccc(OCCCN2CC[C@@H](O)C2)c1C. The molecule has 2 heterocycles. The van der Waals surface area contributed by atoms with Crippen LogP contribution in [0.5, 0.6) is 17.2 Å². The molecule has 0 amide bonds. The lowest BCUT2D eigenvalue weighted by Gasteiger charge is -2.34. The van der Waals surface area contributed by atoms with E-state index in [1.54, 1.807) is 25.4 Å². The molecule has 1 aromatic heterocycles.